The predicted molar refractivity (Wildman–Crippen MR) is 226 cm³/mol. The average Bonchev–Trinajstić information content (AvgIpc) is 3.49. The van der Waals surface area contributed by atoms with E-state index in [9.17, 15) is 29.1 Å². The molecule has 0 bridgehead atoms. The smallest absolute Gasteiger partial charge is 0.326 e. The number of carboxylic acid groups (broad SMARTS) is 1. The number of nitrogens with one attached hydrogen (secondary N) is 2. The third-order valence-corrected chi connectivity index (χ3v) is 10.5. The lowest BCUT2D eigenvalue weighted by molar-refractivity contribution is -0.153. The molecule has 1 aliphatic heterocycles. The van der Waals surface area contributed by atoms with Gasteiger partial charge >= 0.3 is 5.97 Å². The lowest BCUT2D eigenvalue weighted by Crippen LogP contribution is -2.48. The van der Waals surface area contributed by atoms with Gasteiger partial charge in [-0.15, -0.1) is 0 Å². The molecule has 11 nitrogen and oxygen atoms in total. The van der Waals surface area contributed by atoms with E-state index in [1.165, 1.54) is 106 Å². The summed E-state index contributed by atoms with van der Waals surface area (Å²) in [5.41, 5.74) is 0.529. The van der Waals surface area contributed by atoms with Crippen molar-refractivity contribution in [1.82, 2.24) is 10.2 Å². The number of benzene rings is 2. The van der Waals surface area contributed by atoms with Crippen molar-refractivity contribution in [2.45, 2.75) is 142 Å². The van der Waals surface area contributed by atoms with E-state index in [4.69, 9.17) is 34.8 Å². The highest BCUT2D eigenvalue weighted by atomic mass is 35.5. The molecule has 1 atom stereocenters. The predicted octanol–water partition coefficient (Wildman–Crippen LogP) is 10.7. The second kappa shape index (κ2) is 24.9. The van der Waals surface area contributed by atoms with Crippen LogP contribution in [0, 0.1) is 5.92 Å². The van der Waals surface area contributed by atoms with Gasteiger partial charge in [0.1, 0.15) is 17.6 Å². The van der Waals surface area contributed by atoms with Crippen LogP contribution in [0.5, 0.6) is 0 Å². The van der Waals surface area contributed by atoms with E-state index in [0.717, 1.165) is 24.3 Å². The monoisotopic (exact) mass is 833 g/mol. The first-order chi connectivity index (χ1) is 26.8. The van der Waals surface area contributed by atoms with Gasteiger partial charge in [0.05, 0.1) is 22.9 Å². The minimum atomic E-state index is -1.35. The molecule has 308 valence electrons. The summed E-state index contributed by atoms with van der Waals surface area (Å²) >= 11 is 18.5. The van der Waals surface area contributed by atoms with Crippen molar-refractivity contribution in [1.29, 1.82) is 0 Å². The van der Waals surface area contributed by atoms with Crippen LogP contribution in [-0.2, 0) is 19.2 Å². The van der Waals surface area contributed by atoms with Crippen LogP contribution in [-0.4, -0.2) is 58.0 Å². The number of hydrazone groups is 1. The van der Waals surface area contributed by atoms with Crippen LogP contribution < -0.4 is 15.6 Å². The molecule has 0 radical (unpaired) electrons. The topological polar surface area (TPSA) is 148 Å². The largest absolute Gasteiger partial charge is 0.480 e. The Balaban J connectivity index is 1.47. The molecule has 2 aromatic carbocycles. The summed E-state index contributed by atoms with van der Waals surface area (Å²) in [7, 11) is 0. The molecular weight excluding hydrogens is 777 g/mol. The third kappa shape index (κ3) is 15.7. The second-order valence-corrected chi connectivity index (χ2v) is 16.0. The van der Waals surface area contributed by atoms with Crippen LogP contribution in [0.2, 0.25) is 15.1 Å². The molecule has 1 aliphatic rings. The van der Waals surface area contributed by atoms with Gasteiger partial charge in [0.15, 0.2) is 0 Å². The van der Waals surface area contributed by atoms with Gasteiger partial charge in [0.2, 0.25) is 11.8 Å². The molecule has 56 heavy (non-hydrogen) atoms. The number of halogens is 3. The maximum absolute atomic E-state index is 13.2. The Labute approximate surface area is 346 Å². The lowest BCUT2D eigenvalue weighted by Gasteiger charge is -2.30. The number of hydrogen-bond donors (Lipinski definition) is 3. The minimum absolute atomic E-state index is 0.0556. The summed E-state index contributed by atoms with van der Waals surface area (Å²) in [6.45, 7) is 5.92. The molecule has 3 rings (SSSR count). The Bertz CT molecular complexity index is 1650. The van der Waals surface area contributed by atoms with E-state index in [1.807, 2.05) is 0 Å². The Hall–Kier alpha value is -3.67. The van der Waals surface area contributed by atoms with E-state index in [-0.39, 0.29) is 56.7 Å². The van der Waals surface area contributed by atoms with Crippen molar-refractivity contribution in [2.24, 2.45) is 11.0 Å². The third-order valence-electron chi connectivity index (χ3n) is 9.71. The molecule has 1 unspecified atom stereocenters. The van der Waals surface area contributed by atoms with Crippen molar-refractivity contribution in [3.05, 3.63) is 57.0 Å². The van der Waals surface area contributed by atoms with Crippen LogP contribution in [0.1, 0.15) is 147 Å². The van der Waals surface area contributed by atoms with Crippen molar-refractivity contribution < 1.29 is 29.1 Å². The van der Waals surface area contributed by atoms with Gasteiger partial charge in [0, 0.05) is 28.7 Å². The fraction of sp³-hybridized carbons (Fsp3) is 0.571. The minimum Gasteiger partial charge on any atom is -0.480 e. The number of unbranched alkanes of at least 4 members (excludes halogenated alkanes) is 15. The standard InChI is InChI=1S/C42H58Cl3N5O6/c1-4-5-6-7-8-9-10-11-12-13-14-15-16-17-18-19-23-49(41(54)29(2)3)35(42(55)56)27-37(51)46-32-22-20-21-30(24-32)40(53)47-36-28-38(52)50(48-36)39-33(44)25-31(43)26-34(39)45/h20-22,24-26,29,35H,4-19,23,27-28H2,1-3H3,(H,46,51)(H,55,56)(H,47,48,53). The van der Waals surface area contributed by atoms with Gasteiger partial charge < -0.3 is 20.6 Å². The first-order valence-corrected chi connectivity index (χ1v) is 21.2. The molecule has 0 aliphatic carbocycles. The van der Waals surface area contributed by atoms with Crippen molar-refractivity contribution in [3.8, 4) is 0 Å². The summed E-state index contributed by atoms with van der Waals surface area (Å²) in [4.78, 5) is 66.0. The van der Waals surface area contributed by atoms with Gasteiger partial charge in [-0.1, -0.05) is 158 Å². The van der Waals surface area contributed by atoms with Gasteiger partial charge in [-0.3, -0.25) is 19.2 Å². The van der Waals surface area contributed by atoms with Gasteiger partial charge in [-0.05, 0) is 36.8 Å². The van der Waals surface area contributed by atoms with Gasteiger partial charge in [-0.25, -0.2) is 4.79 Å². The maximum atomic E-state index is 13.2. The van der Waals surface area contributed by atoms with Gasteiger partial charge in [0.25, 0.3) is 11.8 Å². The van der Waals surface area contributed by atoms with Gasteiger partial charge in [-0.2, -0.15) is 10.1 Å². The number of carboxylic acids is 1. The number of rotatable bonds is 25. The highest BCUT2D eigenvalue weighted by molar-refractivity contribution is 6.42. The molecule has 0 aromatic heterocycles. The molecule has 0 spiro atoms. The summed E-state index contributed by atoms with van der Waals surface area (Å²) in [6, 6.07) is 7.52. The zero-order valence-electron chi connectivity index (χ0n) is 33.0. The molecule has 14 heteroatoms. The summed E-state index contributed by atoms with van der Waals surface area (Å²) in [5.74, 6) is -3.66. The maximum Gasteiger partial charge on any atom is 0.326 e. The number of aliphatic carboxylic acids is 1. The summed E-state index contributed by atoms with van der Waals surface area (Å²) in [6.07, 6.45) is 18.7. The molecule has 0 saturated carbocycles. The Morgan fingerprint density at radius 1 is 0.804 bits per heavy atom. The van der Waals surface area contributed by atoms with Crippen LogP contribution in [0.15, 0.2) is 41.5 Å². The molecule has 4 amide bonds. The fourth-order valence-electron chi connectivity index (χ4n) is 6.65. The number of nitrogens with zero attached hydrogens (tertiary/aromatic N) is 3. The van der Waals surface area contributed by atoms with Crippen molar-refractivity contribution >= 4 is 81.6 Å². The van der Waals surface area contributed by atoms with E-state index in [1.54, 1.807) is 26.0 Å². The number of carbonyl (C=O) groups excluding carboxylic acids is 4. The van der Waals surface area contributed by atoms with E-state index in [0.29, 0.717) is 6.42 Å². The Morgan fingerprint density at radius 2 is 1.34 bits per heavy atom. The number of amides is 4. The first-order valence-electron chi connectivity index (χ1n) is 20.1. The normalized spacial score (nSPS) is 13.2. The van der Waals surface area contributed by atoms with Crippen LogP contribution in [0.3, 0.4) is 0 Å². The fourth-order valence-corrected chi connectivity index (χ4v) is 7.63. The molecular formula is C42H58Cl3N5O6. The number of amidine groups is 1. The zero-order valence-corrected chi connectivity index (χ0v) is 35.3. The molecule has 0 fully saturated rings. The quantitative estimate of drug-likeness (QED) is 0.0848. The summed E-state index contributed by atoms with van der Waals surface area (Å²) in [5, 5.41) is 21.1. The Kier molecular flexibility index (Phi) is 20.7. The molecule has 1 heterocycles. The molecule has 3 N–H and O–H groups in total. The first kappa shape index (κ1) is 46.7. The average molecular weight is 835 g/mol. The second-order valence-electron chi connectivity index (χ2n) is 14.8. The van der Waals surface area contributed by atoms with Crippen LogP contribution in [0.25, 0.3) is 0 Å². The van der Waals surface area contributed by atoms with Crippen molar-refractivity contribution in [3.63, 3.8) is 0 Å². The van der Waals surface area contributed by atoms with Crippen molar-refractivity contribution in [2.75, 3.05) is 16.9 Å². The molecule has 2 aromatic rings. The van der Waals surface area contributed by atoms with Crippen LogP contribution in [0.4, 0.5) is 11.4 Å². The highest BCUT2D eigenvalue weighted by Gasteiger charge is 2.33. The number of anilines is 2. The van der Waals surface area contributed by atoms with E-state index >= 15 is 0 Å². The number of carbonyl (C=O) groups is 5. The lowest BCUT2D eigenvalue weighted by atomic mass is 10.0. The van der Waals surface area contributed by atoms with Crippen LogP contribution >= 0.6 is 34.8 Å². The Morgan fingerprint density at radius 3 is 1.86 bits per heavy atom. The zero-order chi connectivity index (χ0) is 41.0. The number of hydrogen-bond acceptors (Lipinski definition) is 6. The highest BCUT2D eigenvalue weighted by Crippen LogP contribution is 2.38. The van der Waals surface area contributed by atoms with E-state index in [2.05, 4.69) is 22.7 Å². The SMILES string of the molecule is CCCCCCCCCCCCCCCCCCN(C(=O)C(C)C)C(CC(=O)Nc1cccc(C(=O)NC2=NN(c3c(Cl)cc(Cl)cc3Cl)C(=O)C2)c1)C(=O)O. The summed E-state index contributed by atoms with van der Waals surface area (Å²) < 4.78 is 0. The van der Waals surface area contributed by atoms with E-state index < -0.39 is 42.1 Å². The molecule has 0 saturated heterocycles.